The lowest BCUT2D eigenvalue weighted by molar-refractivity contribution is -0.123. The van der Waals surface area contributed by atoms with Crippen LogP contribution in [0.4, 0.5) is 14.6 Å². The van der Waals surface area contributed by atoms with Gasteiger partial charge in [-0.15, -0.1) is 11.8 Å². The molecule has 0 aliphatic carbocycles. The normalized spacial score (nSPS) is 14.7. The van der Waals surface area contributed by atoms with Gasteiger partial charge in [0.05, 0.1) is 22.4 Å². The quantitative estimate of drug-likeness (QED) is 0.230. The lowest BCUT2D eigenvalue weighted by Gasteiger charge is -2.23. The van der Waals surface area contributed by atoms with Crippen molar-refractivity contribution in [3.63, 3.8) is 0 Å². The van der Waals surface area contributed by atoms with Crippen molar-refractivity contribution in [3.05, 3.63) is 137 Å². The van der Waals surface area contributed by atoms with Gasteiger partial charge in [0.15, 0.2) is 0 Å². The lowest BCUT2D eigenvalue weighted by Crippen LogP contribution is -2.42. The number of hydrogen-bond acceptors (Lipinski definition) is 4. The monoisotopic (exact) mass is 594 g/mol. The molecule has 5 aromatic rings. The van der Waals surface area contributed by atoms with Gasteiger partial charge in [0.1, 0.15) is 24.0 Å². The number of carbonyl (C=O) groups is 2. The highest BCUT2D eigenvalue weighted by Gasteiger charge is 2.38. The van der Waals surface area contributed by atoms with E-state index in [4.69, 9.17) is 5.10 Å². The maximum absolute atomic E-state index is 14.0. The van der Waals surface area contributed by atoms with Crippen molar-refractivity contribution in [1.82, 2.24) is 15.1 Å². The van der Waals surface area contributed by atoms with Gasteiger partial charge in [-0.25, -0.2) is 13.5 Å². The Morgan fingerprint density at radius 2 is 1.56 bits per heavy atom. The third-order valence-corrected chi connectivity index (χ3v) is 8.62. The van der Waals surface area contributed by atoms with Gasteiger partial charge in [0, 0.05) is 17.7 Å². The maximum atomic E-state index is 14.0. The van der Waals surface area contributed by atoms with Crippen molar-refractivity contribution in [1.29, 1.82) is 0 Å². The average molecular weight is 595 g/mol. The summed E-state index contributed by atoms with van der Waals surface area (Å²) in [6.45, 7) is 1.96. The van der Waals surface area contributed by atoms with Gasteiger partial charge in [-0.2, -0.15) is 5.10 Å². The summed E-state index contributed by atoms with van der Waals surface area (Å²) in [4.78, 5) is 28.7. The zero-order chi connectivity index (χ0) is 29.9. The summed E-state index contributed by atoms with van der Waals surface area (Å²) < 4.78 is 29.0. The second-order valence-corrected chi connectivity index (χ2v) is 11.4. The van der Waals surface area contributed by atoms with Crippen LogP contribution in [-0.2, 0) is 16.1 Å². The Morgan fingerprint density at radius 3 is 2.26 bits per heavy atom. The number of benzene rings is 4. The summed E-state index contributed by atoms with van der Waals surface area (Å²) >= 11 is 1.49. The molecule has 0 spiro atoms. The predicted octanol–water partition coefficient (Wildman–Crippen LogP) is 6.61. The molecule has 1 atom stereocenters. The third kappa shape index (κ3) is 5.94. The summed E-state index contributed by atoms with van der Waals surface area (Å²) in [6, 6.07) is 29.5. The number of hydrogen-bond donors (Lipinski definition) is 1. The van der Waals surface area contributed by atoms with Gasteiger partial charge in [0.2, 0.25) is 11.8 Å². The summed E-state index contributed by atoms with van der Waals surface area (Å²) in [6.07, 6.45) is 0. The number of aryl methyl sites for hydroxylation is 1. The summed E-state index contributed by atoms with van der Waals surface area (Å²) in [5.41, 5.74) is 5.72. The number of halogens is 2. The standard InChI is InChI=1S/C34H28F2N4O2S/c1-22-7-5-6-10-28(22)33-31-32(24-8-3-2-4-9-24)38-40(27-17-15-26(36)16-18-27)34(31)39(30(42)21-43-33)20-29(41)37-19-23-11-13-25(35)14-12-23/h2-18,33H,19-21H2,1H3,(H,37,41)/t33-/m0/s1. The highest BCUT2D eigenvalue weighted by atomic mass is 32.2. The first kappa shape index (κ1) is 28.4. The summed E-state index contributed by atoms with van der Waals surface area (Å²) in [5.74, 6) is -0.784. The smallest absolute Gasteiger partial charge is 0.240 e. The van der Waals surface area contributed by atoms with Gasteiger partial charge >= 0.3 is 0 Å². The van der Waals surface area contributed by atoms with Crippen molar-refractivity contribution in [2.24, 2.45) is 0 Å². The van der Waals surface area contributed by atoms with E-state index in [1.807, 2.05) is 55.5 Å². The number of carbonyl (C=O) groups excluding carboxylic acids is 2. The van der Waals surface area contributed by atoms with Gasteiger partial charge < -0.3 is 5.32 Å². The van der Waals surface area contributed by atoms with Gasteiger partial charge in [-0.05, 0) is 60.0 Å². The van der Waals surface area contributed by atoms with E-state index in [2.05, 4.69) is 11.4 Å². The van der Waals surface area contributed by atoms with Crippen molar-refractivity contribution in [3.8, 4) is 16.9 Å². The van der Waals surface area contributed by atoms with E-state index in [9.17, 15) is 18.4 Å². The van der Waals surface area contributed by atoms with E-state index in [-0.39, 0.29) is 41.7 Å². The highest BCUT2D eigenvalue weighted by Crippen LogP contribution is 2.49. The van der Waals surface area contributed by atoms with Crippen LogP contribution < -0.4 is 10.2 Å². The van der Waals surface area contributed by atoms with Crippen LogP contribution in [0.25, 0.3) is 16.9 Å². The van der Waals surface area contributed by atoms with Crippen molar-refractivity contribution in [2.75, 3.05) is 17.2 Å². The Labute approximate surface area is 252 Å². The number of fused-ring (bicyclic) bond motifs is 1. The van der Waals surface area contributed by atoms with Crippen LogP contribution in [0.15, 0.2) is 103 Å². The first-order chi connectivity index (χ1) is 20.9. The van der Waals surface area contributed by atoms with E-state index in [1.54, 1.807) is 28.9 Å². The second-order valence-electron chi connectivity index (χ2n) is 10.3. The number of amides is 2. The van der Waals surface area contributed by atoms with Crippen LogP contribution >= 0.6 is 11.8 Å². The molecular formula is C34H28F2N4O2S. The Kier molecular flexibility index (Phi) is 8.07. The topological polar surface area (TPSA) is 67.2 Å². The zero-order valence-electron chi connectivity index (χ0n) is 23.3. The molecule has 216 valence electrons. The number of thioether (sulfide) groups is 1. The van der Waals surface area contributed by atoms with Crippen molar-refractivity contribution < 1.29 is 18.4 Å². The van der Waals surface area contributed by atoms with Gasteiger partial charge in [0.25, 0.3) is 0 Å². The van der Waals surface area contributed by atoms with E-state index in [1.165, 1.54) is 40.9 Å². The Hall–Kier alpha value is -4.76. The molecule has 1 aromatic heterocycles. The summed E-state index contributed by atoms with van der Waals surface area (Å²) in [7, 11) is 0. The molecule has 0 saturated heterocycles. The van der Waals surface area contributed by atoms with Gasteiger partial charge in [-0.1, -0.05) is 66.7 Å². The Bertz CT molecular complexity index is 1770. The van der Waals surface area contributed by atoms with Gasteiger partial charge in [-0.3, -0.25) is 14.5 Å². The predicted molar refractivity (Wildman–Crippen MR) is 165 cm³/mol. The minimum Gasteiger partial charge on any atom is -0.350 e. The average Bonchev–Trinajstić information content (AvgIpc) is 3.35. The molecule has 0 unspecified atom stereocenters. The Morgan fingerprint density at radius 1 is 0.907 bits per heavy atom. The van der Waals surface area contributed by atoms with Crippen LogP contribution in [0.2, 0.25) is 0 Å². The van der Waals surface area contributed by atoms with Crippen LogP contribution in [-0.4, -0.2) is 33.9 Å². The van der Waals surface area contributed by atoms with E-state index >= 15 is 0 Å². The highest BCUT2D eigenvalue weighted by molar-refractivity contribution is 8.00. The van der Waals surface area contributed by atoms with E-state index < -0.39 is 5.82 Å². The molecule has 1 aliphatic rings. The molecule has 0 fully saturated rings. The molecule has 0 radical (unpaired) electrons. The van der Waals surface area contributed by atoms with Crippen LogP contribution in [0.3, 0.4) is 0 Å². The molecule has 2 heterocycles. The minimum atomic E-state index is -0.397. The first-order valence-corrected chi connectivity index (χ1v) is 14.9. The second kappa shape index (κ2) is 12.2. The fourth-order valence-corrected chi connectivity index (χ4v) is 6.51. The number of aromatic nitrogens is 2. The number of rotatable bonds is 7. The van der Waals surface area contributed by atoms with Crippen molar-refractivity contribution in [2.45, 2.75) is 18.7 Å². The molecule has 4 aromatic carbocycles. The zero-order valence-corrected chi connectivity index (χ0v) is 24.2. The molecule has 1 N–H and O–H groups in total. The molecular weight excluding hydrogens is 566 g/mol. The van der Waals surface area contributed by atoms with E-state index in [0.717, 1.165) is 27.8 Å². The SMILES string of the molecule is Cc1ccccc1[C@@H]1SCC(=O)N(CC(=O)NCc2ccc(F)cc2)c2c1c(-c1ccccc1)nn2-c1ccc(F)cc1. The number of nitrogens with zero attached hydrogens (tertiary/aromatic N) is 3. The first-order valence-electron chi connectivity index (χ1n) is 13.8. The third-order valence-electron chi connectivity index (χ3n) is 7.38. The molecule has 2 amide bonds. The van der Waals surface area contributed by atoms with Crippen LogP contribution in [0, 0.1) is 18.6 Å². The molecule has 0 bridgehead atoms. The molecule has 0 saturated carbocycles. The lowest BCUT2D eigenvalue weighted by atomic mass is 9.97. The Balaban J connectivity index is 1.50. The van der Waals surface area contributed by atoms with Crippen molar-refractivity contribution >= 4 is 29.4 Å². The fourth-order valence-electron chi connectivity index (χ4n) is 5.22. The largest absolute Gasteiger partial charge is 0.350 e. The molecule has 9 heteroatoms. The maximum Gasteiger partial charge on any atom is 0.240 e. The fraction of sp³-hybridized carbons (Fsp3) is 0.147. The van der Waals surface area contributed by atoms with Crippen LogP contribution in [0.1, 0.15) is 27.5 Å². The minimum absolute atomic E-state index is 0.135. The summed E-state index contributed by atoms with van der Waals surface area (Å²) in [5, 5.41) is 7.61. The van der Waals surface area contributed by atoms with Crippen LogP contribution in [0.5, 0.6) is 0 Å². The molecule has 6 rings (SSSR count). The number of anilines is 1. The van der Waals surface area contributed by atoms with E-state index in [0.29, 0.717) is 17.2 Å². The molecule has 1 aliphatic heterocycles. The molecule has 43 heavy (non-hydrogen) atoms. The number of nitrogens with one attached hydrogen (secondary N) is 1. The molecule has 6 nitrogen and oxygen atoms in total.